The van der Waals surface area contributed by atoms with E-state index in [4.69, 9.17) is 0 Å². The first kappa shape index (κ1) is 24.7. The van der Waals surface area contributed by atoms with Crippen LogP contribution in [0.3, 0.4) is 0 Å². The molecule has 3 rings (SSSR count). The van der Waals surface area contributed by atoms with Gasteiger partial charge < -0.3 is 15.5 Å². The third kappa shape index (κ3) is 7.28. The van der Waals surface area contributed by atoms with E-state index in [9.17, 15) is 18.0 Å². The standard InChI is InChI=1S/C23H36N4O4S/c1-19(28)25-21-6-8-22(9-7-21)32(30,31)27-16-10-20(11-17-27)18-23(29)24-12-5-15-26-13-3-2-4-14-26/h6-9,20H,2-5,10-18H2,1H3,(H,24,29)(H,25,28). The van der Waals surface area contributed by atoms with Gasteiger partial charge in [-0.2, -0.15) is 4.31 Å². The number of piperidine rings is 2. The van der Waals surface area contributed by atoms with Crippen LogP contribution < -0.4 is 10.6 Å². The zero-order chi connectivity index (χ0) is 23.0. The predicted octanol–water partition coefficient (Wildman–Crippen LogP) is 2.43. The Morgan fingerprint density at radius 3 is 2.28 bits per heavy atom. The number of benzene rings is 1. The highest BCUT2D eigenvalue weighted by Gasteiger charge is 2.30. The summed E-state index contributed by atoms with van der Waals surface area (Å²) in [6, 6.07) is 6.22. The normalized spacial score (nSPS) is 18.9. The number of amides is 2. The van der Waals surface area contributed by atoms with Crippen molar-refractivity contribution in [1.29, 1.82) is 0 Å². The highest BCUT2D eigenvalue weighted by Crippen LogP contribution is 2.26. The molecular weight excluding hydrogens is 428 g/mol. The summed E-state index contributed by atoms with van der Waals surface area (Å²) in [6.07, 6.45) is 6.70. The summed E-state index contributed by atoms with van der Waals surface area (Å²) in [7, 11) is -3.57. The van der Waals surface area contributed by atoms with Gasteiger partial charge in [0, 0.05) is 38.7 Å². The zero-order valence-electron chi connectivity index (χ0n) is 19.0. The van der Waals surface area contributed by atoms with E-state index >= 15 is 0 Å². The molecule has 2 saturated heterocycles. The third-order valence-electron chi connectivity index (χ3n) is 6.28. The number of hydrogen-bond acceptors (Lipinski definition) is 5. The van der Waals surface area contributed by atoms with Crippen LogP contribution in [0.15, 0.2) is 29.2 Å². The number of carbonyl (C=O) groups is 2. The molecule has 0 bridgehead atoms. The number of sulfonamides is 1. The summed E-state index contributed by atoms with van der Waals surface area (Å²) in [5.74, 6) is 0.0814. The van der Waals surface area contributed by atoms with E-state index in [1.165, 1.54) is 55.7 Å². The van der Waals surface area contributed by atoms with Gasteiger partial charge >= 0.3 is 0 Å². The number of carbonyl (C=O) groups excluding carboxylic acids is 2. The van der Waals surface area contributed by atoms with E-state index in [1.807, 2.05) is 0 Å². The second kappa shape index (κ2) is 11.8. The van der Waals surface area contributed by atoms with Crippen LogP contribution in [0.2, 0.25) is 0 Å². The van der Waals surface area contributed by atoms with Crippen molar-refractivity contribution in [2.75, 3.05) is 44.6 Å². The molecular formula is C23H36N4O4S. The number of hydrogen-bond donors (Lipinski definition) is 2. The van der Waals surface area contributed by atoms with E-state index in [1.54, 1.807) is 12.1 Å². The van der Waals surface area contributed by atoms with Crippen LogP contribution in [-0.4, -0.2) is 68.7 Å². The average molecular weight is 465 g/mol. The third-order valence-corrected chi connectivity index (χ3v) is 8.19. The van der Waals surface area contributed by atoms with Gasteiger partial charge in [0.05, 0.1) is 4.90 Å². The van der Waals surface area contributed by atoms with E-state index in [0.717, 1.165) is 13.0 Å². The second-order valence-corrected chi connectivity index (χ2v) is 10.8. The maximum absolute atomic E-state index is 12.9. The molecule has 2 aliphatic heterocycles. The van der Waals surface area contributed by atoms with Crippen molar-refractivity contribution < 1.29 is 18.0 Å². The number of rotatable bonds is 9. The molecule has 0 aromatic heterocycles. The van der Waals surface area contributed by atoms with Crippen molar-refractivity contribution in [3.63, 3.8) is 0 Å². The number of nitrogens with one attached hydrogen (secondary N) is 2. The number of anilines is 1. The van der Waals surface area contributed by atoms with Gasteiger partial charge in [-0.25, -0.2) is 8.42 Å². The fourth-order valence-electron chi connectivity index (χ4n) is 4.46. The lowest BCUT2D eigenvalue weighted by Gasteiger charge is -2.31. The van der Waals surface area contributed by atoms with Gasteiger partial charge in [0.1, 0.15) is 0 Å². The zero-order valence-corrected chi connectivity index (χ0v) is 19.8. The molecule has 1 aromatic rings. The summed E-state index contributed by atoms with van der Waals surface area (Å²) in [5, 5.41) is 5.66. The molecule has 0 aliphatic carbocycles. The molecule has 178 valence electrons. The predicted molar refractivity (Wildman–Crippen MR) is 125 cm³/mol. The lowest BCUT2D eigenvalue weighted by molar-refractivity contribution is -0.122. The van der Waals surface area contributed by atoms with Crippen LogP contribution in [0.4, 0.5) is 5.69 Å². The SMILES string of the molecule is CC(=O)Nc1ccc(S(=O)(=O)N2CCC(CC(=O)NCCCN3CCCCC3)CC2)cc1. The molecule has 8 nitrogen and oxygen atoms in total. The van der Waals surface area contributed by atoms with Gasteiger partial charge in [0.25, 0.3) is 0 Å². The molecule has 9 heteroatoms. The van der Waals surface area contributed by atoms with E-state index < -0.39 is 10.0 Å². The van der Waals surface area contributed by atoms with Gasteiger partial charge in [-0.15, -0.1) is 0 Å². The van der Waals surface area contributed by atoms with Crippen molar-refractivity contribution >= 4 is 27.5 Å². The number of likely N-dealkylation sites (tertiary alicyclic amines) is 1. The minimum Gasteiger partial charge on any atom is -0.356 e. The highest BCUT2D eigenvalue weighted by atomic mass is 32.2. The van der Waals surface area contributed by atoms with Crippen molar-refractivity contribution in [3.05, 3.63) is 24.3 Å². The summed E-state index contributed by atoms with van der Waals surface area (Å²) in [6.45, 7) is 6.35. The van der Waals surface area contributed by atoms with Gasteiger partial charge in [0.15, 0.2) is 0 Å². The maximum Gasteiger partial charge on any atom is 0.243 e. The van der Waals surface area contributed by atoms with E-state index in [2.05, 4.69) is 15.5 Å². The molecule has 0 atom stereocenters. The number of nitrogens with zero attached hydrogens (tertiary/aromatic N) is 2. The van der Waals surface area contributed by atoms with E-state index in [0.29, 0.717) is 44.6 Å². The fourth-order valence-corrected chi connectivity index (χ4v) is 5.93. The van der Waals surface area contributed by atoms with Crippen LogP contribution in [0.25, 0.3) is 0 Å². The lowest BCUT2D eigenvalue weighted by atomic mass is 9.94. The second-order valence-electron chi connectivity index (χ2n) is 8.86. The Bertz CT molecular complexity index is 858. The van der Waals surface area contributed by atoms with Gasteiger partial charge in [-0.05, 0) is 81.9 Å². The van der Waals surface area contributed by atoms with Gasteiger partial charge in [-0.3, -0.25) is 9.59 Å². The first-order valence-electron chi connectivity index (χ1n) is 11.7. The Morgan fingerprint density at radius 2 is 1.66 bits per heavy atom. The fraction of sp³-hybridized carbons (Fsp3) is 0.652. The van der Waals surface area contributed by atoms with Crippen molar-refractivity contribution in [3.8, 4) is 0 Å². The van der Waals surface area contributed by atoms with Crippen molar-refractivity contribution in [2.45, 2.75) is 56.8 Å². The van der Waals surface area contributed by atoms with E-state index in [-0.39, 0.29) is 22.6 Å². The Balaban J connectivity index is 1.38. The summed E-state index contributed by atoms with van der Waals surface area (Å²) in [5.41, 5.74) is 0.567. The average Bonchev–Trinajstić information content (AvgIpc) is 2.78. The van der Waals surface area contributed by atoms with Crippen molar-refractivity contribution in [2.24, 2.45) is 5.92 Å². The van der Waals surface area contributed by atoms with Gasteiger partial charge in [-0.1, -0.05) is 6.42 Å². The van der Waals surface area contributed by atoms with Gasteiger partial charge in [0.2, 0.25) is 21.8 Å². The van der Waals surface area contributed by atoms with Crippen molar-refractivity contribution in [1.82, 2.24) is 14.5 Å². The topological polar surface area (TPSA) is 98.8 Å². The molecule has 2 amide bonds. The Labute approximate surface area is 191 Å². The first-order chi connectivity index (χ1) is 15.3. The Kier molecular flexibility index (Phi) is 9.07. The molecule has 0 saturated carbocycles. The van der Waals surface area contributed by atoms with Crippen LogP contribution in [-0.2, 0) is 19.6 Å². The summed E-state index contributed by atoms with van der Waals surface area (Å²) in [4.78, 5) is 26.1. The van der Waals surface area contributed by atoms with Crippen LogP contribution in [0.1, 0.15) is 51.9 Å². The molecule has 32 heavy (non-hydrogen) atoms. The monoisotopic (exact) mass is 464 g/mol. The molecule has 2 fully saturated rings. The summed E-state index contributed by atoms with van der Waals surface area (Å²) >= 11 is 0. The Morgan fingerprint density at radius 1 is 1.00 bits per heavy atom. The first-order valence-corrected chi connectivity index (χ1v) is 13.2. The molecule has 0 radical (unpaired) electrons. The highest BCUT2D eigenvalue weighted by molar-refractivity contribution is 7.89. The van der Waals surface area contributed by atoms with Crippen LogP contribution in [0.5, 0.6) is 0 Å². The minimum absolute atomic E-state index is 0.0681. The summed E-state index contributed by atoms with van der Waals surface area (Å²) < 4.78 is 27.3. The van der Waals surface area contributed by atoms with Crippen LogP contribution in [0, 0.1) is 5.92 Å². The Hall–Kier alpha value is -1.97. The molecule has 2 aliphatic rings. The maximum atomic E-state index is 12.9. The lowest BCUT2D eigenvalue weighted by Crippen LogP contribution is -2.39. The molecule has 0 unspecified atom stereocenters. The molecule has 0 spiro atoms. The molecule has 2 N–H and O–H groups in total. The largest absolute Gasteiger partial charge is 0.356 e. The molecule has 2 heterocycles. The van der Waals surface area contributed by atoms with Crippen LogP contribution >= 0.6 is 0 Å². The minimum atomic E-state index is -3.57. The molecule has 1 aromatic carbocycles. The smallest absolute Gasteiger partial charge is 0.243 e. The quantitative estimate of drug-likeness (QED) is 0.547.